The van der Waals surface area contributed by atoms with Crippen molar-refractivity contribution in [3.63, 3.8) is 0 Å². The van der Waals surface area contributed by atoms with Gasteiger partial charge in [0.05, 0.1) is 24.4 Å². The number of aliphatic hydroxyl groups is 1. The van der Waals surface area contributed by atoms with E-state index in [1.165, 1.54) is 23.0 Å². The number of ether oxygens (including phenoxy) is 1. The molecule has 1 unspecified atom stereocenters. The first kappa shape index (κ1) is 17.0. The third kappa shape index (κ3) is 3.10. The monoisotopic (exact) mass is 343 g/mol. The Labute approximate surface area is 146 Å². The van der Waals surface area contributed by atoms with E-state index < -0.39 is 12.3 Å². The third-order valence-electron chi connectivity index (χ3n) is 4.36. The number of allylic oxidation sites excluding steroid dienone is 1. The number of hydrogen-bond acceptors (Lipinski definition) is 5. The van der Waals surface area contributed by atoms with Crippen LogP contribution in [0.5, 0.6) is 5.75 Å². The van der Waals surface area contributed by atoms with Gasteiger partial charge in [0.2, 0.25) is 5.91 Å². The zero-order chi connectivity index (χ0) is 18.1. The lowest BCUT2D eigenvalue weighted by Gasteiger charge is -2.24. The molecule has 25 heavy (non-hydrogen) atoms. The van der Waals surface area contributed by atoms with Crippen LogP contribution in [-0.4, -0.2) is 60.2 Å². The van der Waals surface area contributed by atoms with Crippen molar-refractivity contribution < 1.29 is 19.4 Å². The highest BCUT2D eigenvalue weighted by molar-refractivity contribution is 6.02. The summed E-state index contributed by atoms with van der Waals surface area (Å²) >= 11 is 0. The van der Waals surface area contributed by atoms with Crippen molar-refractivity contribution in [3.05, 3.63) is 47.7 Å². The number of fused-ring (bicyclic) bond motifs is 2. The van der Waals surface area contributed by atoms with Crippen LogP contribution in [-0.2, 0) is 4.79 Å². The number of aliphatic hydroxyl groups excluding tert-OH is 1. The summed E-state index contributed by atoms with van der Waals surface area (Å²) in [4.78, 5) is 27.6. The molecule has 0 aromatic heterocycles. The van der Waals surface area contributed by atoms with Gasteiger partial charge in [-0.25, -0.2) is 0 Å². The summed E-state index contributed by atoms with van der Waals surface area (Å²) in [5.41, 5.74) is 1.73. The normalized spacial score (nSPS) is 22.0. The van der Waals surface area contributed by atoms with Crippen LogP contribution in [0.15, 0.2) is 42.1 Å². The molecule has 0 aliphatic carbocycles. The molecular formula is C18H21N3O4. The fraction of sp³-hybridized carbons (Fsp3) is 0.333. The fourth-order valence-corrected chi connectivity index (χ4v) is 2.99. The Morgan fingerprint density at radius 1 is 1.44 bits per heavy atom. The summed E-state index contributed by atoms with van der Waals surface area (Å²) in [5.74, 6) is 0.153. The van der Waals surface area contributed by atoms with E-state index in [4.69, 9.17) is 4.74 Å². The summed E-state index contributed by atoms with van der Waals surface area (Å²) in [6, 6.07) is 4.72. The number of rotatable bonds is 3. The van der Waals surface area contributed by atoms with Gasteiger partial charge in [0.15, 0.2) is 0 Å². The zero-order valence-electron chi connectivity index (χ0n) is 14.4. The third-order valence-corrected chi connectivity index (χ3v) is 4.36. The van der Waals surface area contributed by atoms with Crippen molar-refractivity contribution >= 4 is 17.5 Å². The Morgan fingerprint density at radius 2 is 2.20 bits per heavy atom. The molecule has 3 rings (SSSR count). The maximum absolute atomic E-state index is 12.9. The number of methoxy groups -OCH3 is 1. The second kappa shape index (κ2) is 6.60. The Kier molecular flexibility index (Phi) is 4.50. The predicted molar refractivity (Wildman–Crippen MR) is 93.1 cm³/mol. The van der Waals surface area contributed by atoms with Crippen LogP contribution in [0.3, 0.4) is 0 Å². The maximum atomic E-state index is 12.9. The topological polar surface area (TPSA) is 82.1 Å². The summed E-state index contributed by atoms with van der Waals surface area (Å²) in [7, 11) is 4.86. The zero-order valence-corrected chi connectivity index (χ0v) is 14.4. The van der Waals surface area contributed by atoms with Crippen molar-refractivity contribution in [2.24, 2.45) is 0 Å². The molecule has 0 fully saturated rings. The summed E-state index contributed by atoms with van der Waals surface area (Å²) in [6.07, 6.45) is 4.33. The number of benzene rings is 1. The molecule has 132 valence electrons. The SMILES string of the molecule is COc1cccc2c1N[C@H](O)C1CC(/C=C/C(=O)N(C)C)=CN1C2=O. The molecule has 2 aliphatic rings. The molecule has 0 radical (unpaired) electrons. The van der Waals surface area contributed by atoms with Crippen molar-refractivity contribution in [2.45, 2.75) is 18.7 Å². The molecule has 7 heteroatoms. The largest absolute Gasteiger partial charge is 0.495 e. The number of carbonyl (C=O) groups excluding carboxylic acids is 2. The molecule has 2 amide bonds. The highest BCUT2D eigenvalue weighted by Gasteiger charge is 2.39. The van der Waals surface area contributed by atoms with Gasteiger partial charge in [-0.2, -0.15) is 0 Å². The van der Waals surface area contributed by atoms with Crippen molar-refractivity contribution in [1.29, 1.82) is 0 Å². The smallest absolute Gasteiger partial charge is 0.260 e. The van der Waals surface area contributed by atoms with Crippen molar-refractivity contribution in [1.82, 2.24) is 9.80 Å². The van der Waals surface area contributed by atoms with Crippen LogP contribution in [0.25, 0.3) is 0 Å². The van der Waals surface area contributed by atoms with Gasteiger partial charge in [-0.3, -0.25) is 9.59 Å². The van der Waals surface area contributed by atoms with Gasteiger partial charge in [0, 0.05) is 26.4 Å². The standard InChI is InChI=1S/C18H21N3O4/c1-20(2)15(22)8-7-11-9-13-17(23)19-16-12(18(24)21(13)10-11)5-4-6-14(16)25-3/h4-8,10,13,17,19,23H,9H2,1-3H3/b8-7+/t13?,17-/m1/s1. The van der Waals surface area contributed by atoms with Crippen LogP contribution < -0.4 is 10.1 Å². The first-order valence-corrected chi connectivity index (χ1v) is 7.96. The molecule has 7 nitrogen and oxygen atoms in total. The van der Waals surface area contributed by atoms with E-state index in [1.807, 2.05) is 0 Å². The van der Waals surface area contributed by atoms with Gasteiger partial charge in [-0.1, -0.05) is 12.1 Å². The molecule has 0 saturated carbocycles. The van der Waals surface area contributed by atoms with E-state index in [1.54, 1.807) is 44.6 Å². The minimum Gasteiger partial charge on any atom is -0.495 e. The average Bonchev–Trinajstić information content (AvgIpc) is 2.99. The van der Waals surface area contributed by atoms with Crippen LogP contribution in [0.4, 0.5) is 5.69 Å². The number of amides is 2. The van der Waals surface area contributed by atoms with Gasteiger partial charge in [0.1, 0.15) is 12.0 Å². The molecule has 0 spiro atoms. The first-order valence-electron chi connectivity index (χ1n) is 7.96. The van der Waals surface area contributed by atoms with Crippen molar-refractivity contribution in [2.75, 3.05) is 26.5 Å². The number of nitrogens with zero attached hydrogens (tertiary/aromatic N) is 2. The molecule has 2 heterocycles. The lowest BCUT2D eigenvalue weighted by molar-refractivity contribution is -0.123. The predicted octanol–water partition coefficient (Wildman–Crippen LogP) is 1.18. The molecule has 0 bridgehead atoms. The minimum atomic E-state index is -0.951. The van der Waals surface area contributed by atoms with E-state index in [0.29, 0.717) is 23.4 Å². The summed E-state index contributed by atoms with van der Waals surface area (Å²) < 4.78 is 5.28. The summed E-state index contributed by atoms with van der Waals surface area (Å²) in [6.45, 7) is 0. The van der Waals surface area contributed by atoms with Gasteiger partial charge >= 0.3 is 0 Å². The van der Waals surface area contributed by atoms with Gasteiger partial charge in [-0.15, -0.1) is 0 Å². The fourth-order valence-electron chi connectivity index (χ4n) is 2.99. The minimum absolute atomic E-state index is 0.136. The Bertz CT molecular complexity index is 770. The van der Waals surface area contributed by atoms with Gasteiger partial charge in [0.25, 0.3) is 5.91 Å². The highest BCUT2D eigenvalue weighted by atomic mass is 16.5. The molecule has 2 aliphatic heterocycles. The van der Waals surface area contributed by atoms with Crippen LogP contribution in [0.2, 0.25) is 0 Å². The van der Waals surface area contributed by atoms with E-state index in [-0.39, 0.29) is 11.8 Å². The molecule has 1 aromatic rings. The quantitative estimate of drug-likeness (QED) is 0.806. The highest BCUT2D eigenvalue weighted by Crippen LogP contribution is 2.37. The van der Waals surface area contributed by atoms with Gasteiger partial charge in [-0.05, 0) is 24.1 Å². The maximum Gasteiger partial charge on any atom is 0.260 e. The molecule has 2 atom stereocenters. The second-order valence-electron chi connectivity index (χ2n) is 6.23. The molecular weight excluding hydrogens is 322 g/mol. The van der Waals surface area contributed by atoms with E-state index >= 15 is 0 Å². The number of carbonyl (C=O) groups is 2. The Hall–Kier alpha value is -2.80. The Morgan fingerprint density at radius 3 is 2.88 bits per heavy atom. The van der Waals surface area contributed by atoms with Crippen LogP contribution in [0, 0.1) is 0 Å². The number of anilines is 1. The van der Waals surface area contributed by atoms with Crippen LogP contribution in [0.1, 0.15) is 16.8 Å². The molecule has 2 N–H and O–H groups in total. The van der Waals surface area contributed by atoms with E-state index in [9.17, 15) is 14.7 Å². The van der Waals surface area contributed by atoms with E-state index in [0.717, 1.165) is 5.57 Å². The molecule has 0 saturated heterocycles. The Balaban J connectivity index is 1.92. The number of para-hydroxylation sites is 1. The summed E-state index contributed by atoms with van der Waals surface area (Å²) in [5, 5.41) is 13.5. The molecule has 1 aromatic carbocycles. The lowest BCUT2D eigenvalue weighted by atomic mass is 10.1. The number of hydrogen-bond donors (Lipinski definition) is 2. The average molecular weight is 343 g/mol. The van der Waals surface area contributed by atoms with Crippen molar-refractivity contribution in [3.8, 4) is 5.75 Å². The second-order valence-corrected chi connectivity index (χ2v) is 6.23. The number of nitrogens with one attached hydrogen (secondary N) is 1. The van der Waals surface area contributed by atoms with Crippen LogP contribution >= 0.6 is 0 Å². The first-order chi connectivity index (χ1) is 11.9. The van der Waals surface area contributed by atoms with Gasteiger partial charge < -0.3 is 25.0 Å². The van der Waals surface area contributed by atoms with E-state index in [2.05, 4.69) is 5.32 Å². The lowest BCUT2D eigenvalue weighted by Crippen LogP contribution is -2.42. The number of likely N-dealkylation sites (N-methyl/N-ethyl adjacent to an activating group) is 1.